The highest BCUT2D eigenvalue weighted by molar-refractivity contribution is 8.15. The molecule has 5 nitrogen and oxygen atoms in total. The summed E-state index contributed by atoms with van der Waals surface area (Å²) >= 11 is 1.34. The molecule has 1 unspecified atom stereocenters. The smallest absolute Gasteiger partial charge is 0.242 e. The van der Waals surface area contributed by atoms with Crippen LogP contribution in [0.2, 0.25) is 0 Å². The number of anilines is 1. The number of rotatable bonds is 6. The summed E-state index contributed by atoms with van der Waals surface area (Å²) in [5.74, 6) is -0.304. The Balaban J connectivity index is 1.79. The molecular formula is C22H23N3O2S. The molecule has 1 aliphatic heterocycles. The normalized spacial score (nSPS) is 17.8. The van der Waals surface area contributed by atoms with Gasteiger partial charge in [-0.25, -0.2) is 4.99 Å². The first kappa shape index (κ1) is 19.9. The number of amidine groups is 1. The van der Waals surface area contributed by atoms with Crippen molar-refractivity contribution >= 4 is 40.1 Å². The minimum atomic E-state index is -0.494. The Labute approximate surface area is 169 Å². The van der Waals surface area contributed by atoms with Crippen LogP contribution >= 0.6 is 11.8 Å². The zero-order chi connectivity index (χ0) is 20.1. The topological polar surface area (TPSA) is 61.8 Å². The molecule has 0 aliphatic carbocycles. The molecule has 0 saturated carbocycles. The molecule has 6 heteroatoms. The lowest BCUT2D eigenvalue weighted by Gasteiger charge is -2.14. The molecule has 1 saturated heterocycles. The van der Waals surface area contributed by atoms with Gasteiger partial charge in [0.1, 0.15) is 5.25 Å². The first-order valence-electron chi connectivity index (χ1n) is 9.08. The van der Waals surface area contributed by atoms with Crippen molar-refractivity contribution in [1.82, 2.24) is 4.90 Å². The predicted octanol–water partition coefficient (Wildman–Crippen LogP) is 4.45. The quantitative estimate of drug-likeness (QED) is 0.738. The summed E-state index contributed by atoms with van der Waals surface area (Å²) < 4.78 is 0. The first-order valence-corrected chi connectivity index (χ1v) is 9.96. The van der Waals surface area contributed by atoms with Crippen molar-refractivity contribution in [3.8, 4) is 0 Å². The summed E-state index contributed by atoms with van der Waals surface area (Å²) in [4.78, 5) is 31.6. The van der Waals surface area contributed by atoms with Gasteiger partial charge in [-0.3, -0.25) is 14.5 Å². The molecule has 0 radical (unpaired) electrons. The molecule has 2 amide bonds. The van der Waals surface area contributed by atoms with Crippen molar-refractivity contribution in [3.05, 3.63) is 72.3 Å². The highest BCUT2D eigenvalue weighted by Crippen LogP contribution is 2.33. The van der Waals surface area contributed by atoms with Crippen LogP contribution in [0.3, 0.4) is 0 Å². The molecule has 2 aromatic rings. The molecule has 1 N–H and O–H groups in total. The number of hydrogen-bond acceptors (Lipinski definition) is 4. The van der Waals surface area contributed by atoms with E-state index in [4.69, 9.17) is 4.99 Å². The van der Waals surface area contributed by atoms with Gasteiger partial charge in [0.25, 0.3) is 0 Å². The Kier molecular flexibility index (Phi) is 6.31. The van der Waals surface area contributed by atoms with Crippen LogP contribution in [-0.4, -0.2) is 33.7 Å². The van der Waals surface area contributed by atoms with Crippen molar-refractivity contribution in [1.29, 1.82) is 0 Å². The van der Waals surface area contributed by atoms with Crippen LogP contribution in [-0.2, 0) is 9.59 Å². The lowest BCUT2D eigenvalue weighted by Crippen LogP contribution is -2.33. The third-order valence-corrected chi connectivity index (χ3v) is 5.58. The van der Waals surface area contributed by atoms with E-state index in [2.05, 4.69) is 11.9 Å². The van der Waals surface area contributed by atoms with Gasteiger partial charge in [-0.2, -0.15) is 0 Å². The molecule has 0 aromatic heterocycles. The zero-order valence-electron chi connectivity index (χ0n) is 16.0. The van der Waals surface area contributed by atoms with E-state index < -0.39 is 5.25 Å². The Morgan fingerprint density at radius 2 is 1.86 bits per heavy atom. The molecule has 0 spiro atoms. The molecule has 144 valence electrons. The monoisotopic (exact) mass is 393 g/mol. The molecule has 0 bridgehead atoms. The molecule has 2 aromatic carbocycles. The van der Waals surface area contributed by atoms with Gasteiger partial charge in [-0.05, 0) is 37.1 Å². The van der Waals surface area contributed by atoms with E-state index in [-0.39, 0.29) is 18.2 Å². The van der Waals surface area contributed by atoms with Gasteiger partial charge in [0.15, 0.2) is 5.17 Å². The van der Waals surface area contributed by atoms with Crippen LogP contribution in [0.4, 0.5) is 11.4 Å². The Morgan fingerprint density at radius 3 is 2.50 bits per heavy atom. The molecule has 28 heavy (non-hydrogen) atoms. The van der Waals surface area contributed by atoms with Crippen LogP contribution in [0.15, 0.2) is 66.2 Å². The van der Waals surface area contributed by atoms with Gasteiger partial charge in [-0.1, -0.05) is 54.2 Å². The van der Waals surface area contributed by atoms with E-state index in [0.717, 1.165) is 22.5 Å². The number of amides is 2. The number of nitrogens with one attached hydrogen (secondary N) is 1. The van der Waals surface area contributed by atoms with Crippen LogP contribution in [0, 0.1) is 13.8 Å². The lowest BCUT2D eigenvalue weighted by molar-refractivity contribution is -0.127. The first-order chi connectivity index (χ1) is 13.5. The Hall–Kier alpha value is -2.86. The summed E-state index contributed by atoms with van der Waals surface area (Å²) in [6.45, 7) is 8.10. The van der Waals surface area contributed by atoms with Crippen LogP contribution in [0.5, 0.6) is 0 Å². The van der Waals surface area contributed by atoms with E-state index in [1.165, 1.54) is 11.8 Å². The van der Waals surface area contributed by atoms with Crippen molar-refractivity contribution in [2.75, 3.05) is 11.9 Å². The van der Waals surface area contributed by atoms with Gasteiger partial charge in [0.05, 0.1) is 5.69 Å². The Bertz CT molecular complexity index is 904. The maximum Gasteiger partial charge on any atom is 0.242 e. The molecule has 1 aliphatic rings. The average molecular weight is 394 g/mol. The maximum atomic E-state index is 12.9. The summed E-state index contributed by atoms with van der Waals surface area (Å²) in [7, 11) is 0. The third-order valence-electron chi connectivity index (χ3n) is 4.41. The number of thioether (sulfide) groups is 1. The van der Waals surface area contributed by atoms with E-state index in [1.807, 2.05) is 62.4 Å². The second kappa shape index (κ2) is 8.89. The van der Waals surface area contributed by atoms with Gasteiger partial charge >= 0.3 is 0 Å². The SMILES string of the molecule is C=CCN1C(=O)C(CC(=O)Nc2ccccc2)SC1=Nc1c(C)cccc1C. The fourth-order valence-electron chi connectivity index (χ4n) is 3.00. The van der Waals surface area contributed by atoms with Crippen molar-refractivity contribution in [2.24, 2.45) is 4.99 Å². The predicted molar refractivity (Wildman–Crippen MR) is 116 cm³/mol. The fraction of sp³-hybridized carbons (Fsp3) is 0.227. The zero-order valence-corrected chi connectivity index (χ0v) is 16.8. The fourth-order valence-corrected chi connectivity index (χ4v) is 4.15. The molecule has 3 rings (SSSR count). The molecular weight excluding hydrogens is 370 g/mol. The summed E-state index contributed by atoms with van der Waals surface area (Å²) in [6, 6.07) is 15.2. The molecule has 1 heterocycles. The van der Waals surface area contributed by atoms with E-state index in [1.54, 1.807) is 11.0 Å². The standard InChI is InChI=1S/C22H23N3O2S/c1-4-13-25-21(27)18(14-19(26)23-17-11-6-5-7-12-17)28-22(25)24-20-15(2)9-8-10-16(20)3/h4-12,18H,1,13-14H2,2-3H3,(H,23,26). The minimum absolute atomic E-state index is 0.0951. The van der Waals surface area contributed by atoms with E-state index in [9.17, 15) is 9.59 Å². The number of para-hydroxylation sites is 2. The van der Waals surface area contributed by atoms with Gasteiger partial charge in [-0.15, -0.1) is 6.58 Å². The number of aryl methyl sites for hydroxylation is 2. The van der Waals surface area contributed by atoms with Crippen molar-refractivity contribution in [3.63, 3.8) is 0 Å². The average Bonchev–Trinajstić information content (AvgIpc) is 2.95. The lowest BCUT2D eigenvalue weighted by atomic mass is 10.1. The van der Waals surface area contributed by atoms with E-state index >= 15 is 0 Å². The molecule has 1 atom stereocenters. The second-order valence-electron chi connectivity index (χ2n) is 6.60. The number of hydrogen-bond donors (Lipinski definition) is 1. The number of carbonyl (C=O) groups is 2. The van der Waals surface area contributed by atoms with Crippen LogP contribution in [0.1, 0.15) is 17.5 Å². The Morgan fingerprint density at radius 1 is 1.18 bits per heavy atom. The van der Waals surface area contributed by atoms with Crippen LogP contribution in [0.25, 0.3) is 0 Å². The number of aliphatic imine (C=N–C) groups is 1. The summed E-state index contributed by atoms with van der Waals surface area (Å²) in [5.41, 5.74) is 3.67. The van der Waals surface area contributed by atoms with Crippen LogP contribution < -0.4 is 5.32 Å². The van der Waals surface area contributed by atoms with Gasteiger partial charge in [0, 0.05) is 18.7 Å². The van der Waals surface area contributed by atoms with Crippen molar-refractivity contribution in [2.45, 2.75) is 25.5 Å². The summed E-state index contributed by atoms with van der Waals surface area (Å²) in [5, 5.41) is 2.95. The van der Waals surface area contributed by atoms with E-state index in [0.29, 0.717) is 11.7 Å². The number of nitrogens with zero attached hydrogens (tertiary/aromatic N) is 2. The second-order valence-corrected chi connectivity index (χ2v) is 7.77. The van der Waals surface area contributed by atoms with Crippen molar-refractivity contribution < 1.29 is 9.59 Å². The summed E-state index contributed by atoms with van der Waals surface area (Å²) in [6.07, 6.45) is 1.77. The van der Waals surface area contributed by atoms with Gasteiger partial charge < -0.3 is 5.32 Å². The number of carbonyl (C=O) groups excluding carboxylic acids is 2. The minimum Gasteiger partial charge on any atom is -0.326 e. The third kappa shape index (κ3) is 4.51. The highest BCUT2D eigenvalue weighted by atomic mass is 32.2. The largest absolute Gasteiger partial charge is 0.326 e. The van der Waals surface area contributed by atoms with Gasteiger partial charge in [0.2, 0.25) is 11.8 Å². The highest BCUT2D eigenvalue weighted by Gasteiger charge is 2.38. The maximum absolute atomic E-state index is 12.9. The number of benzene rings is 2. The molecule has 1 fully saturated rings.